The quantitative estimate of drug-likeness (QED) is 0.343. The Balaban J connectivity index is -0.000000649. The molecule has 0 aromatic carbocycles. The normalized spacial score (nSPS) is 13.4. The minimum absolute atomic E-state index is 0. The molecule has 0 aliphatic carbocycles. The Hall–Kier alpha value is -1.64. The molecule has 26 heavy (non-hydrogen) atoms. The smallest absolute Gasteiger partial charge is 0 e. The topological polar surface area (TPSA) is 186 Å². The number of aliphatic carboxylic acids is 4. The van der Waals surface area contributed by atoms with Crippen molar-refractivity contribution in [2.24, 2.45) is 11.3 Å². The summed E-state index contributed by atoms with van der Waals surface area (Å²) in [4.78, 5) is 43.3. The van der Waals surface area contributed by atoms with Gasteiger partial charge in [-0.3, -0.25) is 9.59 Å². The molecule has 0 aliphatic rings. The Morgan fingerprint density at radius 1 is 0.962 bits per heavy atom. The van der Waals surface area contributed by atoms with Crippen LogP contribution >= 0.6 is 7.92 Å². The first-order valence-electron chi connectivity index (χ1n) is 7.15. The van der Waals surface area contributed by atoms with Crippen LogP contribution in [0.1, 0.15) is 40.0 Å². The van der Waals surface area contributed by atoms with Gasteiger partial charge >= 0.3 is 51.9 Å². The van der Waals surface area contributed by atoms with E-state index in [4.69, 9.17) is 10.2 Å². The van der Waals surface area contributed by atoms with Crippen molar-refractivity contribution in [1.29, 1.82) is 0 Å². The van der Waals surface area contributed by atoms with Crippen molar-refractivity contribution in [3.8, 4) is 5.63 Å². The third kappa shape index (κ3) is 6.26. The van der Waals surface area contributed by atoms with Gasteiger partial charge in [0.25, 0.3) is 0 Å². The monoisotopic (exact) mass is 439 g/mol. The van der Waals surface area contributed by atoms with E-state index in [-0.39, 0.29) is 36.0 Å². The minimum Gasteiger partial charge on any atom is 0 e. The molecule has 0 saturated carbocycles. The van der Waals surface area contributed by atoms with Crippen molar-refractivity contribution >= 4 is 31.8 Å². The number of hydrogen-bond donors (Lipinski definition) is 5. The average molecular weight is 439 g/mol. The number of carbonyl (C=O) groups is 4. The minimum atomic E-state index is -2.86. The summed E-state index contributed by atoms with van der Waals surface area (Å²) in [6.45, 7) is 4.23. The van der Waals surface area contributed by atoms with Gasteiger partial charge in [0.15, 0.2) is 5.60 Å². The maximum atomic E-state index is 11.5. The molecule has 0 aliphatic heterocycles. The number of carboxylic acid groups (broad SMARTS) is 4. The summed E-state index contributed by atoms with van der Waals surface area (Å²) in [5.41, 5.74) is -3.36. The molecule has 0 heterocycles. The zero-order chi connectivity index (χ0) is 20.4. The number of rotatable bonds is 8. The molecule has 0 saturated heterocycles. The van der Waals surface area contributed by atoms with E-state index < -0.39 is 48.7 Å². The van der Waals surface area contributed by atoms with Crippen LogP contribution in [-0.2, 0) is 40.5 Å². The van der Waals surface area contributed by atoms with E-state index in [0.29, 0.717) is 0 Å². The molecule has 151 valence electrons. The summed E-state index contributed by atoms with van der Waals surface area (Å²) >= 11 is 0. The summed E-state index contributed by atoms with van der Waals surface area (Å²) in [6.07, 6.45) is -0.565. The summed E-state index contributed by atoms with van der Waals surface area (Å²) in [5.74, 6) is -7.84. The molecule has 5 N–H and O–H groups in total. The zero-order valence-corrected chi connectivity index (χ0v) is 16.2. The van der Waals surface area contributed by atoms with E-state index in [1.54, 1.807) is 5.63 Å². The predicted octanol–water partition coefficient (Wildman–Crippen LogP) is 1.12. The van der Waals surface area contributed by atoms with Gasteiger partial charge < -0.3 is 20.4 Å². The van der Waals surface area contributed by atoms with Crippen LogP contribution in [0, 0.1) is 17.0 Å². The molecule has 10 nitrogen and oxygen atoms in total. The first-order valence-corrected chi connectivity index (χ1v) is 7.97. The van der Waals surface area contributed by atoms with Gasteiger partial charge in [-0.15, -0.1) is 0 Å². The molecular formula is C14H21CoO10P. The summed E-state index contributed by atoms with van der Waals surface area (Å²) in [7, 11) is -0.576. The summed E-state index contributed by atoms with van der Waals surface area (Å²) < 4.78 is 9.22. The SMILES string of the molecule is CCC(C(=O)O)C(O)(C(=O)O)C(CC)(CC)C(=O)O.O=P#CC(=O)O.[Co]. The largest absolute Gasteiger partial charge is 0 e. The molecule has 0 aromatic heterocycles. The molecule has 0 bridgehead atoms. The van der Waals surface area contributed by atoms with Crippen molar-refractivity contribution in [1.82, 2.24) is 0 Å². The Morgan fingerprint density at radius 3 is 1.50 bits per heavy atom. The number of carboxylic acids is 4. The number of aliphatic hydroxyl groups is 1. The molecule has 0 amide bonds. The third-order valence-electron chi connectivity index (χ3n) is 4.02. The van der Waals surface area contributed by atoms with Crippen molar-refractivity contribution in [3.05, 3.63) is 0 Å². The Labute approximate surface area is 160 Å². The zero-order valence-electron chi connectivity index (χ0n) is 14.3. The Bertz CT molecular complexity index is 625. The maximum Gasteiger partial charge on any atom is 0 e. The Morgan fingerprint density at radius 2 is 1.38 bits per heavy atom. The number of hydrogen-bond acceptors (Lipinski definition) is 6. The van der Waals surface area contributed by atoms with Gasteiger partial charge in [-0.05, 0) is 19.3 Å². The fraction of sp³-hybridized carbons (Fsp3) is 0.643. The maximum absolute atomic E-state index is 11.5. The van der Waals surface area contributed by atoms with Gasteiger partial charge in [0, 0.05) is 16.8 Å². The summed E-state index contributed by atoms with van der Waals surface area (Å²) in [5, 5.41) is 45.7. The first kappa shape index (κ1) is 29.1. The van der Waals surface area contributed by atoms with E-state index in [9.17, 15) is 39.1 Å². The predicted molar refractivity (Wildman–Crippen MR) is 83.8 cm³/mol. The molecule has 12 heteroatoms. The molecule has 0 fully saturated rings. The first-order chi connectivity index (χ1) is 11.4. The third-order valence-corrected chi connectivity index (χ3v) is 4.31. The van der Waals surface area contributed by atoms with Crippen molar-refractivity contribution < 1.29 is 66.1 Å². The fourth-order valence-electron chi connectivity index (χ4n) is 2.63. The van der Waals surface area contributed by atoms with E-state index in [1.165, 1.54) is 20.8 Å². The van der Waals surface area contributed by atoms with Crippen LogP contribution in [0.3, 0.4) is 0 Å². The molecule has 2 atom stereocenters. The van der Waals surface area contributed by atoms with Gasteiger partial charge in [-0.2, -0.15) is 0 Å². The van der Waals surface area contributed by atoms with E-state index >= 15 is 0 Å². The van der Waals surface area contributed by atoms with Gasteiger partial charge in [0.05, 0.1) is 5.92 Å². The molecule has 0 rings (SSSR count). The van der Waals surface area contributed by atoms with Crippen LogP contribution in [0.2, 0.25) is 0 Å². The molecule has 2 unspecified atom stereocenters. The van der Waals surface area contributed by atoms with Crippen molar-refractivity contribution in [3.63, 3.8) is 0 Å². The molecule has 0 spiro atoms. The van der Waals surface area contributed by atoms with Crippen LogP contribution < -0.4 is 0 Å². The van der Waals surface area contributed by atoms with Crippen LogP contribution in [0.25, 0.3) is 0 Å². The van der Waals surface area contributed by atoms with Crippen LogP contribution in [0.4, 0.5) is 0 Å². The van der Waals surface area contributed by atoms with Gasteiger partial charge in [0.2, 0.25) is 0 Å². The van der Waals surface area contributed by atoms with Crippen molar-refractivity contribution in [2.75, 3.05) is 0 Å². The van der Waals surface area contributed by atoms with E-state index in [0.717, 1.165) is 0 Å². The van der Waals surface area contributed by atoms with Crippen LogP contribution in [0.5, 0.6) is 0 Å². The van der Waals surface area contributed by atoms with Gasteiger partial charge in [-0.1, -0.05) is 20.8 Å². The second-order valence-corrected chi connectivity index (χ2v) is 5.38. The summed E-state index contributed by atoms with van der Waals surface area (Å²) in [6, 6.07) is 0. The second kappa shape index (κ2) is 12.7. The van der Waals surface area contributed by atoms with E-state index in [1.807, 2.05) is 0 Å². The Kier molecular flexibility index (Phi) is 14.2. The standard InChI is InChI=1S/C12H20O7.C2HO3P.Co/c1-4-7(8(13)14)12(19,10(17)18)11(5-2,6-3)9(15)16;3-2(4)1-6-5;/h7,19H,4-6H2,1-3H3,(H,13,14)(H,15,16)(H,17,18);(H,3,4);. The van der Waals surface area contributed by atoms with Crippen LogP contribution in [-0.4, -0.2) is 55.0 Å². The fourth-order valence-corrected chi connectivity index (χ4v) is 2.71. The van der Waals surface area contributed by atoms with Gasteiger partial charge in [-0.25, -0.2) is 4.79 Å². The van der Waals surface area contributed by atoms with Gasteiger partial charge in [0.1, 0.15) is 5.41 Å². The van der Waals surface area contributed by atoms with E-state index in [2.05, 4.69) is 0 Å². The molecule has 0 aromatic rings. The molecular weight excluding hydrogens is 418 g/mol. The van der Waals surface area contributed by atoms with Crippen molar-refractivity contribution in [2.45, 2.75) is 45.6 Å². The van der Waals surface area contributed by atoms with Crippen LogP contribution in [0.15, 0.2) is 0 Å². The second-order valence-electron chi connectivity index (χ2n) is 4.97. The molecule has 1 radical (unpaired) electrons. The average Bonchev–Trinajstić information content (AvgIpc) is 2.49.